The maximum absolute atomic E-state index is 13.7. The molecular formula is C34H30N2O5. The number of phenolic OH excluding ortho intramolecular Hbond substituents is 1. The molecule has 41 heavy (non-hydrogen) atoms. The first-order valence-corrected chi connectivity index (χ1v) is 13.7. The second-order valence-corrected chi connectivity index (χ2v) is 11.1. The summed E-state index contributed by atoms with van der Waals surface area (Å²) in [5.74, 6) is 0.924. The van der Waals surface area contributed by atoms with Crippen molar-refractivity contribution in [2.45, 2.75) is 38.2 Å². The van der Waals surface area contributed by atoms with Crippen LogP contribution in [0.1, 0.15) is 50.9 Å². The van der Waals surface area contributed by atoms with Gasteiger partial charge in [-0.1, -0.05) is 54.6 Å². The number of phenols is 1. The lowest BCUT2D eigenvalue weighted by atomic mass is 9.68. The van der Waals surface area contributed by atoms with Crippen LogP contribution in [0.15, 0.2) is 72.5 Å². The van der Waals surface area contributed by atoms with E-state index in [1.165, 1.54) is 6.08 Å². The molecule has 0 radical (unpaired) electrons. The highest BCUT2D eigenvalue weighted by atomic mass is 16.6. The number of hydrogen-bond donors (Lipinski definition) is 1. The summed E-state index contributed by atoms with van der Waals surface area (Å²) in [4.78, 5) is 13.7. The number of para-hydroxylation sites is 1. The van der Waals surface area contributed by atoms with Gasteiger partial charge in [0.2, 0.25) is 0 Å². The number of ether oxygens (including phenoxy) is 3. The van der Waals surface area contributed by atoms with Crippen LogP contribution in [0.2, 0.25) is 0 Å². The van der Waals surface area contributed by atoms with Crippen molar-refractivity contribution < 1.29 is 24.1 Å². The van der Waals surface area contributed by atoms with E-state index in [4.69, 9.17) is 19.3 Å². The molecule has 0 bridgehead atoms. The lowest BCUT2D eigenvalue weighted by Gasteiger charge is -2.32. The van der Waals surface area contributed by atoms with Crippen molar-refractivity contribution in [3.05, 3.63) is 112 Å². The first-order chi connectivity index (χ1) is 19.8. The molecule has 4 aromatic rings. The monoisotopic (exact) mass is 546 g/mol. The Hall–Kier alpha value is -4.62. The van der Waals surface area contributed by atoms with Crippen molar-refractivity contribution in [2.75, 3.05) is 13.7 Å². The molecule has 1 aliphatic carbocycles. The van der Waals surface area contributed by atoms with E-state index in [1.807, 2.05) is 78.3 Å². The SMILES string of the molecule is COc1c(C)c(O)c(C(=O)/C=C/c2ccccc2)c2c1[C@]1(C)C(=Cc3c(c(C)nn3-c3ccccc3)CC13CO3)O2. The minimum atomic E-state index is -0.780. The number of aromatic nitrogens is 2. The number of carbonyl (C=O) groups excluding carboxylic acids is 1. The molecule has 7 heteroatoms. The standard InChI is InChI=1S/C34H30N2O5/c1-20-30(38)28(26(37)16-15-22-11-7-5-8-12-22)32-29(31(20)39-4)33(3)27(41-32)17-25-24(18-34(33)19-40-34)21(2)35-36(25)23-13-9-6-10-14-23/h5-17,38H,18-19H2,1-4H3/b16-15+/t33-,34?/m0/s1. The number of nitrogens with zero attached hydrogens (tertiary/aromatic N) is 2. The van der Waals surface area contributed by atoms with Crippen LogP contribution in [0, 0.1) is 13.8 Å². The van der Waals surface area contributed by atoms with Gasteiger partial charge in [-0.25, -0.2) is 4.68 Å². The molecule has 0 amide bonds. The van der Waals surface area contributed by atoms with Crippen LogP contribution < -0.4 is 9.47 Å². The zero-order valence-electron chi connectivity index (χ0n) is 23.4. The van der Waals surface area contributed by atoms with Crippen molar-refractivity contribution >= 4 is 17.9 Å². The van der Waals surface area contributed by atoms with Gasteiger partial charge in [-0.05, 0) is 44.5 Å². The van der Waals surface area contributed by atoms with Gasteiger partial charge < -0.3 is 19.3 Å². The third-order valence-electron chi connectivity index (χ3n) is 8.85. The fraction of sp³-hybridized carbons (Fsp3) is 0.235. The average Bonchev–Trinajstić information content (AvgIpc) is 3.67. The lowest BCUT2D eigenvalue weighted by Crippen LogP contribution is -2.41. The molecule has 3 aromatic carbocycles. The van der Waals surface area contributed by atoms with Gasteiger partial charge in [0.25, 0.3) is 0 Å². The summed E-state index contributed by atoms with van der Waals surface area (Å²) >= 11 is 0. The van der Waals surface area contributed by atoms with Crippen LogP contribution in [-0.2, 0) is 16.6 Å². The summed E-state index contributed by atoms with van der Waals surface area (Å²) < 4.78 is 20.8. The zero-order chi connectivity index (χ0) is 28.5. The number of fused-ring (bicyclic) bond motifs is 5. The van der Waals surface area contributed by atoms with Crippen LogP contribution in [0.3, 0.4) is 0 Å². The number of aromatic hydroxyl groups is 1. The van der Waals surface area contributed by atoms with E-state index < -0.39 is 11.0 Å². The predicted molar refractivity (Wildman–Crippen MR) is 156 cm³/mol. The fourth-order valence-corrected chi connectivity index (χ4v) is 6.41. The van der Waals surface area contributed by atoms with E-state index in [0.717, 1.165) is 33.8 Å². The minimum absolute atomic E-state index is 0.115. The van der Waals surface area contributed by atoms with E-state index in [1.54, 1.807) is 20.1 Å². The molecule has 1 unspecified atom stereocenters. The number of hydrogen-bond acceptors (Lipinski definition) is 6. The van der Waals surface area contributed by atoms with Crippen LogP contribution >= 0.6 is 0 Å². The van der Waals surface area contributed by atoms with Gasteiger partial charge in [0, 0.05) is 23.6 Å². The first-order valence-electron chi connectivity index (χ1n) is 13.7. The number of epoxide rings is 1. The maximum atomic E-state index is 13.7. The highest BCUT2D eigenvalue weighted by Gasteiger charge is 2.68. The van der Waals surface area contributed by atoms with Crippen molar-refractivity contribution in [3.63, 3.8) is 0 Å². The van der Waals surface area contributed by atoms with Gasteiger partial charge >= 0.3 is 0 Å². The van der Waals surface area contributed by atoms with Crippen LogP contribution in [0.4, 0.5) is 0 Å². The molecule has 1 N–H and O–H groups in total. The number of carbonyl (C=O) groups is 1. The van der Waals surface area contributed by atoms with Crippen molar-refractivity contribution in [1.29, 1.82) is 0 Å². The molecule has 0 saturated carbocycles. The van der Waals surface area contributed by atoms with Gasteiger partial charge in [0.1, 0.15) is 34.2 Å². The highest BCUT2D eigenvalue weighted by molar-refractivity contribution is 6.12. The minimum Gasteiger partial charge on any atom is -0.507 e. The van der Waals surface area contributed by atoms with E-state index in [2.05, 4.69) is 6.92 Å². The third kappa shape index (κ3) is 3.55. The Balaban J connectivity index is 1.45. The van der Waals surface area contributed by atoms with E-state index in [0.29, 0.717) is 35.8 Å². The molecule has 1 saturated heterocycles. The van der Waals surface area contributed by atoms with Gasteiger partial charge in [-0.3, -0.25) is 4.79 Å². The lowest BCUT2D eigenvalue weighted by molar-refractivity contribution is 0.104. The Morgan fingerprint density at radius 2 is 1.78 bits per heavy atom. The first kappa shape index (κ1) is 25.4. The largest absolute Gasteiger partial charge is 0.507 e. The molecule has 7 rings (SSSR count). The number of ketones is 1. The summed E-state index contributed by atoms with van der Waals surface area (Å²) in [6.45, 7) is 6.38. The van der Waals surface area contributed by atoms with Gasteiger partial charge in [0.15, 0.2) is 5.78 Å². The second kappa shape index (κ2) is 8.94. The predicted octanol–water partition coefficient (Wildman–Crippen LogP) is 6.12. The molecule has 1 aromatic heterocycles. The Labute approximate surface area is 238 Å². The Morgan fingerprint density at radius 1 is 1.10 bits per heavy atom. The normalized spacial score (nSPS) is 22.0. The Morgan fingerprint density at radius 3 is 2.44 bits per heavy atom. The molecular weight excluding hydrogens is 516 g/mol. The van der Waals surface area contributed by atoms with E-state index in [-0.39, 0.29) is 17.1 Å². The van der Waals surface area contributed by atoms with Crippen LogP contribution in [-0.4, -0.2) is 40.0 Å². The summed E-state index contributed by atoms with van der Waals surface area (Å²) in [7, 11) is 1.58. The molecule has 2 aliphatic heterocycles. The zero-order valence-corrected chi connectivity index (χ0v) is 23.4. The molecule has 3 aliphatic rings. The topological polar surface area (TPSA) is 86.1 Å². The summed E-state index contributed by atoms with van der Waals surface area (Å²) in [5, 5.41) is 16.2. The molecule has 1 spiro atoms. The number of aryl methyl sites for hydroxylation is 1. The van der Waals surface area contributed by atoms with Crippen molar-refractivity contribution in [3.8, 4) is 22.9 Å². The van der Waals surface area contributed by atoms with E-state index >= 15 is 0 Å². The number of methoxy groups -OCH3 is 1. The highest BCUT2D eigenvalue weighted by Crippen LogP contribution is 2.65. The van der Waals surface area contributed by atoms with Crippen molar-refractivity contribution in [1.82, 2.24) is 9.78 Å². The maximum Gasteiger partial charge on any atom is 0.193 e. The Kier molecular flexibility index (Phi) is 5.53. The van der Waals surface area contributed by atoms with Crippen molar-refractivity contribution in [2.24, 2.45) is 0 Å². The van der Waals surface area contributed by atoms with E-state index in [9.17, 15) is 9.90 Å². The summed E-state index contributed by atoms with van der Waals surface area (Å²) in [6, 6.07) is 19.5. The quantitative estimate of drug-likeness (QED) is 0.185. The fourth-order valence-electron chi connectivity index (χ4n) is 6.41. The number of allylic oxidation sites excluding steroid dienone is 1. The van der Waals surface area contributed by atoms with Crippen LogP contribution in [0.5, 0.6) is 17.2 Å². The second-order valence-electron chi connectivity index (χ2n) is 11.1. The molecule has 2 atom stereocenters. The molecule has 7 nitrogen and oxygen atoms in total. The molecule has 1 fully saturated rings. The average molecular weight is 547 g/mol. The smallest absolute Gasteiger partial charge is 0.193 e. The molecule has 3 heterocycles. The van der Waals surface area contributed by atoms with Gasteiger partial charge in [-0.2, -0.15) is 5.10 Å². The number of rotatable bonds is 5. The number of benzene rings is 3. The summed E-state index contributed by atoms with van der Waals surface area (Å²) in [5.41, 5.74) is 4.66. The van der Waals surface area contributed by atoms with Crippen LogP contribution in [0.25, 0.3) is 17.8 Å². The van der Waals surface area contributed by atoms with Gasteiger partial charge in [0.05, 0.1) is 41.8 Å². The summed E-state index contributed by atoms with van der Waals surface area (Å²) in [6.07, 6.45) is 5.83. The Bertz CT molecular complexity index is 1780. The third-order valence-corrected chi connectivity index (χ3v) is 8.85. The molecule has 206 valence electrons. The van der Waals surface area contributed by atoms with Gasteiger partial charge in [-0.15, -0.1) is 0 Å².